The van der Waals surface area contributed by atoms with Crippen LogP contribution in [-0.2, 0) is 6.61 Å². The molecule has 0 saturated heterocycles. The van der Waals surface area contributed by atoms with E-state index in [1.54, 1.807) is 30.5 Å². The van der Waals surface area contributed by atoms with Crippen molar-refractivity contribution in [1.82, 2.24) is 4.37 Å². The molecule has 5 heteroatoms. The normalized spacial score (nSPS) is 10.1. The number of nitrogen functional groups attached to an aromatic ring is 1. The van der Waals surface area contributed by atoms with Crippen LogP contribution in [-0.4, -0.2) is 9.48 Å². The average Bonchev–Trinajstić information content (AvgIpc) is 2.63. The zero-order chi connectivity index (χ0) is 10.7. The Morgan fingerprint density at radius 3 is 2.87 bits per heavy atom. The van der Waals surface area contributed by atoms with Gasteiger partial charge in [0.1, 0.15) is 6.61 Å². The third-order valence-corrected chi connectivity index (χ3v) is 2.69. The molecule has 0 saturated carbocycles. The lowest BCUT2D eigenvalue weighted by atomic mass is 10.3. The van der Waals surface area contributed by atoms with E-state index in [-0.39, 0.29) is 5.75 Å². The Labute approximate surface area is 91.1 Å². The molecule has 0 spiro atoms. The van der Waals surface area contributed by atoms with Crippen molar-refractivity contribution < 1.29 is 9.84 Å². The van der Waals surface area contributed by atoms with Gasteiger partial charge in [0.05, 0.1) is 16.8 Å². The molecule has 78 valence electrons. The monoisotopic (exact) mass is 222 g/mol. The zero-order valence-corrected chi connectivity index (χ0v) is 8.70. The molecule has 0 bridgehead atoms. The first-order valence-electron chi connectivity index (χ1n) is 4.37. The summed E-state index contributed by atoms with van der Waals surface area (Å²) in [4.78, 5) is 0.859. The molecule has 15 heavy (non-hydrogen) atoms. The highest BCUT2D eigenvalue weighted by Gasteiger charge is 2.05. The van der Waals surface area contributed by atoms with Crippen LogP contribution >= 0.6 is 11.5 Å². The molecule has 1 heterocycles. The Hall–Kier alpha value is -1.75. The molecular weight excluding hydrogens is 212 g/mol. The molecule has 1 aromatic heterocycles. The molecule has 2 aromatic rings. The van der Waals surface area contributed by atoms with Gasteiger partial charge in [-0.15, -0.1) is 0 Å². The van der Waals surface area contributed by atoms with E-state index in [0.29, 0.717) is 18.0 Å². The summed E-state index contributed by atoms with van der Waals surface area (Å²) in [6.45, 7) is 0.327. The third-order valence-electron chi connectivity index (χ3n) is 1.90. The summed E-state index contributed by atoms with van der Waals surface area (Å²) < 4.78 is 9.33. The van der Waals surface area contributed by atoms with Crippen molar-refractivity contribution >= 4 is 17.2 Å². The lowest BCUT2D eigenvalue weighted by Crippen LogP contribution is -1.96. The van der Waals surface area contributed by atoms with E-state index >= 15 is 0 Å². The molecule has 0 aliphatic carbocycles. The lowest BCUT2D eigenvalue weighted by molar-refractivity contribution is 0.292. The number of nitrogens with two attached hydrogens (primary N) is 1. The van der Waals surface area contributed by atoms with Crippen LogP contribution in [0.5, 0.6) is 11.5 Å². The van der Waals surface area contributed by atoms with Crippen LogP contribution in [0, 0.1) is 0 Å². The minimum Gasteiger partial charge on any atom is -0.504 e. The van der Waals surface area contributed by atoms with E-state index in [0.717, 1.165) is 4.88 Å². The molecular formula is C10H10N2O2S. The van der Waals surface area contributed by atoms with Crippen molar-refractivity contribution in [3.05, 3.63) is 35.3 Å². The topological polar surface area (TPSA) is 68.4 Å². The van der Waals surface area contributed by atoms with Crippen molar-refractivity contribution in [2.45, 2.75) is 6.61 Å². The Kier molecular flexibility index (Phi) is 2.73. The highest BCUT2D eigenvalue weighted by molar-refractivity contribution is 7.06. The van der Waals surface area contributed by atoms with Crippen molar-refractivity contribution in [3.63, 3.8) is 0 Å². The van der Waals surface area contributed by atoms with Gasteiger partial charge in [0.15, 0.2) is 11.5 Å². The van der Waals surface area contributed by atoms with Gasteiger partial charge in [0, 0.05) is 0 Å². The number of para-hydroxylation sites is 2. The summed E-state index contributed by atoms with van der Waals surface area (Å²) in [5.41, 5.74) is 6.27. The minimum atomic E-state index is 0.126. The minimum absolute atomic E-state index is 0.126. The number of anilines is 1. The first-order chi connectivity index (χ1) is 7.27. The van der Waals surface area contributed by atoms with Crippen LogP contribution in [0.4, 0.5) is 5.69 Å². The summed E-state index contributed by atoms with van der Waals surface area (Å²) in [6.07, 6.45) is 1.59. The van der Waals surface area contributed by atoms with Crippen molar-refractivity contribution in [3.8, 4) is 11.5 Å². The molecule has 4 nitrogen and oxygen atoms in total. The number of aromatic nitrogens is 1. The number of rotatable bonds is 3. The number of hydrogen-bond acceptors (Lipinski definition) is 5. The van der Waals surface area contributed by atoms with Gasteiger partial charge in [-0.2, -0.15) is 4.37 Å². The zero-order valence-electron chi connectivity index (χ0n) is 7.88. The first-order valence-corrected chi connectivity index (χ1v) is 5.14. The third kappa shape index (κ3) is 2.19. The standard InChI is InChI=1S/C10H10N2O2S/c11-7-5-12-15-10(7)6-14-9-4-2-1-3-8(9)13/h1-5,13H,6,11H2. The maximum Gasteiger partial charge on any atom is 0.161 e. The van der Waals surface area contributed by atoms with Gasteiger partial charge in [0.25, 0.3) is 0 Å². The van der Waals surface area contributed by atoms with Crippen LogP contribution < -0.4 is 10.5 Å². The maximum absolute atomic E-state index is 9.44. The molecule has 0 aliphatic heterocycles. The second-order valence-corrected chi connectivity index (χ2v) is 3.85. The van der Waals surface area contributed by atoms with Crippen LogP contribution in [0.2, 0.25) is 0 Å². The Morgan fingerprint density at radius 1 is 1.40 bits per heavy atom. The fourth-order valence-electron chi connectivity index (χ4n) is 1.10. The number of phenolic OH excluding ortho intramolecular Hbond substituents is 1. The van der Waals surface area contributed by atoms with Crippen LogP contribution in [0.15, 0.2) is 30.5 Å². The van der Waals surface area contributed by atoms with Crippen LogP contribution in [0.25, 0.3) is 0 Å². The quantitative estimate of drug-likeness (QED) is 0.833. The first kappa shape index (κ1) is 9.79. The van der Waals surface area contributed by atoms with Crippen LogP contribution in [0.3, 0.4) is 0 Å². The summed E-state index contributed by atoms with van der Waals surface area (Å²) in [6, 6.07) is 6.81. The van der Waals surface area contributed by atoms with E-state index in [1.807, 2.05) is 0 Å². The molecule has 0 aliphatic rings. The van der Waals surface area contributed by atoms with Gasteiger partial charge in [-0.3, -0.25) is 0 Å². The highest BCUT2D eigenvalue weighted by atomic mass is 32.1. The summed E-state index contributed by atoms with van der Waals surface area (Å²) in [7, 11) is 0. The Balaban J connectivity index is 2.06. The molecule has 0 radical (unpaired) electrons. The summed E-state index contributed by atoms with van der Waals surface area (Å²) >= 11 is 1.29. The van der Waals surface area contributed by atoms with Crippen LogP contribution in [0.1, 0.15) is 4.88 Å². The fourth-order valence-corrected chi connectivity index (χ4v) is 1.67. The number of phenols is 1. The Bertz CT molecular complexity index is 456. The maximum atomic E-state index is 9.44. The van der Waals surface area contributed by atoms with E-state index in [1.165, 1.54) is 11.5 Å². The molecule has 0 amide bonds. The van der Waals surface area contributed by atoms with Gasteiger partial charge < -0.3 is 15.6 Å². The smallest absolute Gasteiger partial charge is 0.161 e. The van der Waals surface area contributed by atoms with Gasteiger partial charge >= 0.3 is 0 Å². The molecule has 3 N–H and O–H groups in total. The average molecular weight is 222 g/mol. The number of ether oxygens (including phenoxy) is 1. The molecule has 0 unspecified atom stereocenters. The fraction of sp³-hybridized carbons (Fsp3) is 0.100. The number of aromatic hydroxyl groups is 1. The molecule has 1 aromatic carbocycles. The van der Waals surface area contributed by atoms with Crippen molar-refractivity contribution in [2.75, 3.05) is 5.73 Å². The van der Waals surface area contributed by atoms with Gasteiger partial charge in [0.2, 0.25) is 0 Å². The second kappa shape index (κ2) is 4.18. The predicted molar refractivity (Wildman–Crippen MR) is 59.0 cm³/mol. The van der Waals surface area contributed by atoms with E-state index in [9.17, 15) is 5.11 Å². The van der Waals surface area contributed by atoms with Gasteiger partial charge in [-0.05, 0) is 23.7 Å². The lowest BCUT2D eigenvalue weighted by Gasteiger charge is -2.06. The SMILES string of the molecule is Nc1cnsc1COc1ccccc1O. The van der Waals surface area contributed by atoms with E-state index in [4.69, 9.17) is 10.5 Å². The largest absolute Gasteiger partial charge is 0.504 e. The number of nitrogens with zero attached hydrogens (tertiary/aromatic N) is 1. The number of hydrogen-bond donors (Lipinski definition) is 2. The van der Waals surface area contributed by atoms with Gasteiger partial charge in [-0.1, -0.05) is 12.1 Å². The number of benzene rings is 1. The second-order valence-electron chi connectivity index (χ2n) is 2.96. The highest BCUT2D eigenvalue weighted by Crippen LogP contribution is 2.26. The van der Waals surface area contributed by atoms with E-state index in [2.05, 4.69) is 4.37 Å². The van der Waals surface area contributed by atoms with Crippen molar-refractivity contribution in [1.29, 1.82) is 0 Å². The predicted octanol–water partition coefficient (Wildman–Crippen LogP) is 2.01. The molecule has 0 fully saturated rings. The van der Waals surface area contributed by atoms with Crippen molar-refractivity contribution in [2.24, 2.45) is 0 Å². The molecule has 0 atom stereocenters. The summed E-state index contributed by atoms with van der Waals surface area (Å²) in [5, 5.41) is 9.44. The Morgan fingerprint density at radius 2 is 2.20 bits per heavy atom. The summed E-state index contributed by atoms with van der Waals surface area (Å²) in [5.74, 6) is 0.575. The molecule has 2 rings (SSSR count). The van der Waals surface area contributed by atoms with E-state index < -0.39 is 0 Å². The van der Waals surface area contributed by atoms with Gasteiger partial charge in [-0.25, -0.2) is 0 Å².